The Labute approximate surface area is 136 Å². The highest BCUT2D eigenvalue weighted by Crippen LogP contribution is 2.11. The number of carbonyl (C=O) groups is 2. The first-order valence-corrected chi connectivity index (χ1v) is 7.80. The third-order valence-corrected chi connectivity index (χ3v) is 3.56. The highest BCUT2D eigenvalue weighted by Gasteiger charge is 2.24. The number of rotatable bonds is 9. The predicted octanol–water partition coefficient (Wildman–Crippen LogP) is 2.11. The minimum atomic E-state index is -0.588. The minimum absolute atomic E-state index is 0.117. The number of carbonyl (C=O) groups excluding carboxylic acids is 2. The van der Waals surface area contributed by atoms with E-state index in [0.717, 1.165) is 5.56 Å². The van der Waals surface area contributed by atoms with Crippen LogP contribution in [0.5, 0.6) is 0 Å². The van der Waals surface area contributed by atoms with Gasteiger partial charge in [-0.25, -0.2) is 4.39 Å². The Hall–Kier alpha value is -1.95. The zero-order chi connectivity index (χ0) is 17.2. The third kappa shape index (κ3) is 6.36. The number of halogens is 1. The maximum atomic E-state index is 13.0. The molecule has 1 aromatic rings. The maximum absolute atomic E-state index is 13.0. The van der Waals surface area contributed by atoms with Gasteiger partial charge in [-0.1, -0.05) is 19.1 Å². The topological polar surface area (TPSA) is 58.6 Å². The number of nitrogens with one attached hydrogen (secondary N) is 1. The molecule has 5 nitrogen and oxygen atoms in total. The Morgan fingerprint density at radius 3 is 2.52 bits per heavy atom. The molecule has 1 aromatic carbocycles. The van der Waals surface area contributed by atoms with E-state index in [2.05, 4.69) is 5.32 Å². The molecule has 0 radical (unpaired) electrons. The molecular weight excluding hydrogens is 299 g/mol. The van der Waals surface area contributed by atoms with E-state index in [4.69, 9.17) is 4.74 Å². The van der Waals surface area contributed by atoms with E-state index in [1.807, 2.05) is 0 Å². The summed E-state index contributed by atoms with van der Waals surface area (Å²) in [4.78, 5) is 25.9. The molecule has 0 aromatic heterocycles. The first-order valence-electron chi connectivity index (χ1n) is 7.80. The molecule has 0 fully saturated rings. The van der Waals surface area contributed by atoms with E-state index in [0.29, 0.717) is 26.0 Å². The minimum Gasteiger partial charge on any atom is -0.385 e. The van der Waals surface area contributed by atoms with Gasteiger partial charge in [0.25, 0.3) is 0 Å². The van der Waals surface area contributed by atoms with Crippen molar-refractivity contribution in [2.45, 2.75) is 39.3 Å². The molecule has 0 bridgehead atoms. The van der Waals surface area contributed by atoms with E-state index in [-0.39, 0.29) is 24.2 Å². The summed E-state index contributed by atoms with van der Waals surface area (Å²) in [5.41, 5.74) is 0.784. The van der Waals surface area contributed by atoms with Crippen molar-refractivity contribution in [3.63, 3.8) is 0 Å². The Bertz CT molecular complexity index is 505. The molecule has 128 valence electrons. The van der Waals surface area contributed by atoms with Gasteiger partial charge < -0.3 is 15.0 Å². The summed E-state index contributed by atoms with van der Waals surface area (Å²) in [5.74, 6) is -0.648. The molecule has 0 aliphatic carbocycles. The van der Waals surface area contributed by atoms with Crippen LogP contribution in [-0.4, -0.2) is 43.0 Å². The molecule has 0 unspecified atom stereocenters. The number of ether oxygens (including phenoxy) is 1. The molecule has 1 rings (SSSR count). The quantitative estimate of drug-likeness (QED) is 0.708. The molecule has 0 aliphatic heterocycles. The Kier molecular flexibility index (Phi) is 8.26. The highest BCUT2D eigenvalue weighted by atomic mass is 19.1. The van der Waals surface area contributed by atoms with E-state index in [9.17, 15) is 14.0 Å². The molecule has 1 N–H and O–H groups in total. The number of benzene rings is 1. The average Bonchev–Trinajstić information content (AvgIpc) is 2.56. The maximum Gasteiger partial charge on any atom is 0.242 e. The number of methoxy groups -OCH3 is 1. The summed E-state index contributed by atoms with van der Waals surface area (Å²) >= 11 is 0. The van der Waals surface area contributed by atoms with Gasteiger partial charge in [-0.2, -0.15) is 0 Å². The number of hydrogen-bond acceptors (Lipinski definition) is 3. The van der Waals surface area contributed by atoms with Crippen molar-refractivity contribution in [3.05, 3.63) is 35.6 Å². The monoisotopic (exact) mass is 324 g/mol. The summed E-state index contributed by atoms with van der Waals surface area (Å²) < 4.78 is 17.9. The van der Waals surface area contributed by atoms with Gasteiger partial charge in [-0.15, -0.1) is 0 Å². The summed E-state index contributed by atoms with van der Waals surface area (Å²) in [6, 6.07) is 5.34. The summed E-state index contributed by atoms with van der Waals surface area (Å²) in [6.45, 7) is 4.80. The molecule has 1 atom stereocenters. The molecule has 0 saturated carbocycles. The van der Waals surface area contributed by atoms with Crippen LogP contribution in [0.2, 0.25) is 0 Å². The van der Waals surface area contributed by atoms with Crippen molar-refractivity contribution in [1.29, 1.82) is 0 Å². The second-order valence-electron chi connectivity index (χ2n) is 5.32. The second-order valence-corrected chi connectivity index (χ2v) is 5.32. The molecule has 6 heteroatoms. The molecule has 0 heterocycles. The smallest absolute Gasteiger partial charge is 0.242 e. The lowest BCUT2D eigenvalue weighted by Gasteiger charge is -2.28. The summed E-state index contributed by atoms with van der Waals surface area (Å²) in [6.07, 6.45) is 1.02. The molecule has 0 aliphatic rings. The fourth-order valence-corrected chi connectivity index (χ4v) is 2.15. The van der Waals surface area contributed by atoms with Crippen LogP contribution in [0.1, 0.15) is 32.3 Å². The lowest BCUT2D eigenvalue weighted by Crippen LogP contribution is -2.47. The largest absolute Gasteiger partial charge is 0.385 e. The van der Waals surface area contributed by atoms with Crippen molar-refractivity contribution < 1.29 is 18.7 Å². The highest BCUT2D eigenvalue weighted by molar-refractivity contribution is 5.87. The van der Waals surface area contributed by atoms with Crippen molar-refractivity contribution in [2.75, 3.05) is 20.3 Å². The average molecular weight is 324 g/mol. The zero-order valence-corrected chi connectivity index (χ0v) is 14.0. The van der Waals surface area contributed by atoms with Gasteiger partial charge in [0.1, 0.15) is 11.9 Å². The first kappa shape index (κ1) is 19.1. The molecule has 23 heavy (non-hydrogen) atoms. The van der Waals surface area contributed by atoms with Crippen LogP contribution in [0.15, 0.2) is 24.3 Å². The van der Waals surface area contributed by atoms with Crippen LogP contribution in [0.25, 0.3) is 0 Å². The van der Waals surface area contributed by atoms with Crippen LogP contribution >= 0.6 is 0 Å². The first-order chi connectivity index (χ1) is 11.0. The van der Waals surface area contributed by atoms with E-state index in [1.165, 1.54) is 17.0 Å². The Balaban J connectivity index is 2.70. The number of nitrogens with zero attached hydrogens (tertiary/aromatic N) is 1. The molecular formula is C17H25FN2O3. The summed E-state index contributed by atoms with van der Waals surface area (Å²) in [7, 11) is 1.61. The van der Waals surface area contributed by atoms with E-state index in [1.54, 1.807) is 33.1 Å². The van der Waals surface area contributed by atoms with Gasteiger partial charge in [0.15, 0.2) is 0 Å². The number of amides is 2. The Morgan fingerprint density at radius 2 is 1.96 bits per heavy atom. The lowest BCUT2D eigenvalue weighted by atomic mass is 10.1. The van der Waals surface area contributed by atoms with E-state index < -0.39 is 6.04 Å². The second kappa shape index (κ2) is 9.94. The molecule has 0 spiro atoms. The van der Waals surface area contributed by atoms with Crippen LogP contribution in [-0.2, 0) is 20.9 Å². The van der Waals surface area contributed by atoms with Gasteiger partial charge in [0.05, 0.1) is 0 Å². The van der Waals surface area contributed by atoms with Crippen molar-refractivity contribution >= 4 is 11.8 Å². The molecule has 2 amide bonds. The van der Waals surface area contributed by atoms with Gasteiger partial charge in [0, 0.05) is 33.2 Å². The van der Waals surface area contributed by atoms with E-state index >= 15 is 0 Å². The van der Waals surface area contributed by atoms with Crippen LogP contribution in [0, 0.1) is 5.82 Å². The van der Waals surface area contributed by atoms with Gasteiger partial charge >= 0.3 is 0 Å². The van der Waals surface area contributed by atoms with Crippen LogP contribution in [0.4, 0.5) is 4.39 Å². The Morgan fingerprint density at radius 1 is 1.30 bits per heavy atom. The SMILES string of the molecule is CCC(=O)N(Cc1ccc(F)cc1)[C@@H](C)C(=O)NCCCOC. The fraction of sp³-hybridized carbons (Fsp3) is 0.529. The van der Waals surface area contributed by atoms with Crippen LogP contribution < -0.4 is 5.32 Å². The standard InChI is InChI=1S/C17H25FN2O3/c1-4-16(21)20(12-14-6-8-15(18)9-7-14)13(2)17(22)19-10-5-11-23-3/h6-9,13H,4-5,10-12H2,1-3H3,(H,19,22)/t13-/m0/s1. The predicted molar refractivity (Wildman–Crippen MR) is 86.2 cm³/mol. The lowest BCUT2D eigenvalue weighted by molar-refractivity contribution is -0.140. The third-order valence-electron chi connectivity index (χ3n) is 3.56. The summed E-state index contributed by atoms with van der Waals surface area (Å²) in [5, 5.41) is 2.80. The van der Waals surface area contributed by atoms with Crippen molar-refractivity contribution in [1.82, 2.24) is 10.2 Å². The zero-order valence-electron chi connectivity index (χ0n) is 14.0. The molecule has 0 saturated heterocycles. The van der Waals surface area contributed by atoms with Gasteiger partial charge in [-0.05, 0) is 31.0 Å². The van der Waals surface area contributed by atoms with Crippen molar-refractivity contribution in [2.24, 2.45) is 0 Å². The fourth-order valence-electron chi connectivity index (χ4n) is 2.15. The van der Waals surface area contributed by atoms with Gasteiger partial charge in [-0.3, -0.25) is 9.59 Å². The van der Waals surface area contributed by atoms with Crippen LogP contribution in [0.3, 0.4) is 0 Å². The van der Waals surface area contributed by atoms with Gasteiger partial charge in [0.2, 0.25) is 11.8 Å². The number of hydrogen-bond donors (Lipinski definition) is 1. The normalized spacial score (nSPS) is 11.8. The van der Waals surface area contributed by atoms with Crippen molar-refractivity contribution in [3.8, 4) is 0 Å².